The number of amides is 2. The summed E-state index contributed by atoms with van der Waals surface area (Å²) in [6.45, 7) is 7.91. The van der Waals surface area contributed by atoms with Crippen LogP contribution in [0.1, 0.15) is 89.4 Å². The van der Waals surface area contributed by atoms with Crippen LogP contribution in [-0.2, 0) is 9.59 Å². The van der Waals surface area contributed by atoms with Gasteiger partial charge in [0.15, 0.2) is 5.78 Å². The Bertz CT molecular complexity index is 1050. The van der Waals surface area contributed by atoms with Gasteiger partial charge in [0.1, 0.15) is 11.9 Å². The van der Waals surface area contributed by atoms with E-state index in [-0.39, 0.29) is 28.6 Å². The summed E-state index contributed by atoms with van der Waals surface area (Å²) in [5.74, 6) is 2.65. The van der Waals surface area contributed by atoms with Gasteiger partial charge in [-0.15, -0.1) is 0 Å². The van der Waals surface area contributed by atoms with Crippen molar-refractivity contribution in [3.8, 4) is 5.75 Å². The molecule has 35 heavy (non-hydrogen) atoms. The molecule has 1 heterocycles. The zero-order chi connectivity index (χ0) is 25.1. The summed E-state index contributed by atoms with van der Waals surface area (Å²) < 4.78 is 6.68. The van der Waals surface area contributed by atoms with Gasteiger partial charge in [-0.1, -0.05) is 13.8 Å². The summed E-state index contributed by atoms with van der Waals surface area (Å²) >= 11 is 0. The molecule has 0 bridgehead atoms. The van der Waals surface area contributed by atoms with E-state index < -0.39 is 0 Å². The van der Waals surface area contributed by atoms with E-state index in [0.29, 0.717) is 53.1 Å². The molecular formula is C29H40N2O4. The van der Waals surface area contributed by atoms with Gasteiger partial charge in [-0.2, -0.15) is 0 Å². The molecule has 4 aliphatic rings. The number of Topliss-reactive ketones (excluding diaryl/α,β-unsaturated/α-hetero) is 1. The maximum atomic E-state index is 12.4. The van der Waals surface area contributed by atoms with E-state index >= 15 is 0 Å². The van der Waals surface area contributed by atoms with Crippen LogP contribution in [0.15, 0.2) is 18.2 Å². The predicted octanol–water partition coefficient (Wildman–Crippen LogP) is 5.46. The van der Waals surface area contributed by atoms with Crippen LogP contribution >= 0.6 is 0 Å². The van der Waals surface area contributed by atoms with Crippen LogP contribution in [0.25, 0.3) is 0 Å². The second kappa shape index (κ2) is 8.63. The Labute approximate surface area is 209 Å². The number of nitrogens with zero attached hydrogens (tertiary/aromatic N) is 1. The predicted molar refractivity (Wildman–Crippen MR) is 135 cm³/mol. The molecule has 6 nitrogen and oxygen atoms in total. The minimum absolute atomic E-state index is 0.0278. The molecule has 3 aliphatic carbocycles. The normalized spacial score (nSPS) is 38.3. The van der Waals surface area contributed by atoms with Crippen LogP contribution in [0.4, 0.5) is 5.69 Å². The minimum atomic E-state index is -0.142. The number of piperidine rings is 1. The van der Waals surface area contributed by atoms with E-state index in [1.165, 1.54) is 19.8 Å². The Morgan fingerprint density at radius 2 is 1.74 bits per heavy atom. The summed E-state index contributed by atoms with van der Waals surface area (Å²) in [6, 6.07) is 5.71. The van der Waals surface area contributed by atoms with Crippen LogP contribution in [0.5, 0.6) is 5.75 Å². The number of anilines is 1. The number of carbonyl (C=O) groups is 3. The maximum Gasteiger partial charge on any atom is 0.222 e. The summed E-state index contributed by atoms with van der Waals surface area (Å²) in [5, 5.41) is 2.82. The molecule has 1 N–H and O–H groups in total. The average molecular weight is 481 g/mol. The highest BCUT2D eigenvalue weighted by molar-refractivity contribution is 5.98. The first-order chi connectivity index (χ1) is 16.5. The van der Waals surface area contributed by atoms with E-state index in [4.69, 9.17) is 4.74 Å². The number of fused-ring (bicyclic) bond motifs is 5. The number of hydrogen-bond donors (Lipinski definition) is 1. The highest BCUT2D eigenvalue weighted by Crippen LogP contribution is 2.65. The molecule has 0 spiro atoms. The van der Waals surface area contributed by atoms with Crippen molar-refractivity contribution in [2.75, 3.05) is 12.4 Å². The van der Waals surface area contributed by atoms with Crippen molar-refractivity contribution in [2.24, 2.45) is 28.6 Å². The molecule has 1 aliphatic heterocycles. The first-order valence-corrected chi connectivity index (χ1v) is 13.4. The fourth-order valence-corrected chi connectivity index (χ4v) is 8.64. The van der Waals surface area contributed by atoms with Crippen molar-refractivity contribution in [2.45, 2.75) is 91.2 Å². The third-order valence-corrected chi connectivity index (χ3v) is 10.4. The van der Waals surface area contributed by atoms with Gasteiger partial charge in [0, 0.05) is 43.6 Å². The molecule has 190 valence electrons. The highest BCUT2D eigenvalue weighted by atomic mass is 16.5. The van der Waals surface area contributed by atoms with Crippen LogP contribution in [0, 0.1) is 28.6 Å². The molecule has 1 aromatic carbocycles. The molecule has 0 aromatic heterocycles. The quantitative estimate of drug-likeness (QED) is 0.581. The number of rotatable bonds is 4. The Morgan fingerprint density at radius 3 is 2.46 bits per heavy atom. The molecule has 6 heteroatoms. The second-order valence-electron chi connectivity index (χ2n) is 12.2. The number of hydrogen-bond acceptors (Lipinski definition) is 4. The number of likely N-dealkylation sites (tertiary alicyclic amines) is 1. The number of ketones is 1. The molecule has 1 unspecified atom stereocenters. The van der Waals surface area contributed by atoms with E-state index in [0.717, 1.165) is 32.1 Å². The maximum absolute atomic E-state index is 12.4. The zero-order valence-corrected chi connectivity index (χ0v) is 21.9. The lowest BCUT2D eigenvalue weighted by atomic mass is 9.47. The van der Waals surface area contributed by atoms with Gasteiger partial charge in [-0.05, 0) is 87.2 Å². The van der Waals surface area contributed by atoms with Crippen molar-refractivity contribution in [3.63, 3.8) is 0 Å². The lowest BCUT2D eigenvalue weighted by Gasteiger charge is -2.61. The minimum Gasteiger partial charge on any atom is -0.489 e. The van der Waals surface area contributed by atoms with Crippen LogP contribution in [0.3, 0.4) is 0 Å². The van der Waals surface area contributed by atoms with Crippen molar-refractivity contribution in [1.82, 2.24) is 4.90 Å². The molecular weight excluding hydrogens is 440 g/mol. The Balaban J connectivity index is 1.39. The summed E-state index contributed by atoms with van der Waals surface area (Å²) in [7, 11) is 2.01. The van der Waals surface area contributed by atoms with Crippen molar-refractivity contribution in [1.29, 1.82) is 0 Å². The average Bonchev–Trinajstić information content (AvgIpc) is 3.12. The van der Waals surface area contributed by atoms with Gasteiger partial charge in [-0.25, -0.2) is 0 Å². The molecule has 1 saturated heterocycles. The summed E-state index contributed by atoms with van der Waals surface area (Å²) in [6.07, 6.45) is 8.48. The highest BCUT2D eigenvalue weighted by Gasteiger charge is 2.61. The Kier molecular flexibility index (Phi) is 6.00. The summed E-state index contributed by atoms with van der Waals surface area (Å²) in [4.78, 5) is 38.4. The first-order valence-electron chi connectivity index (χ1n) is 13.4. The van der Waals surface area contributed by atoms with Gasteiger partial charge in [-0.3, -0.25) is 14.4 Å². The van der Waals surface area contributed by atoms with E-state index in [2.05, 4.69) is 24.1 Å². The molecule has 2 amide bonds. The third-order valence-electron chi connectivity index (χ3n) is 10.4. The molecule has 5 rings (SSSR count). The zero-order valence-electron chi connectivity index (χ0n) is 21.9. The monoisotopic (exact) mass is 480 g/mol. The topological polar surface area (TPSA) is 75.7 Å². The van der Waals surface area contributed by atoms with E-state index in [1.807, 2.05) is 13.1 Å². The van der Waals surface area contributed by atoms with Crippen LogP contribution in [-0.4, -0.2) is 41.7 Å². The third kappa shape index (κ3) is 3.88. The Morgan fingerprint density at radius 1 is 1.00 bits per heavy atom. The van der Waals surface area contributed by atoms with Gasteiger partial charge in [0.05, 0.1) is 5.56 Å². The van der Waals surface area contributed by atoms with Crippen LogP contribution in [0.2, 0.25) is 0 Å². The fraction of sp³-hybridized carbons (Fsp3) is 0.690. The number of ether oxygens (including phenoxy) is 1. The largest absolute Gasteiger partial charge is 0.489 e. The lowest BCUT2D eigenvalue weighted by Crippen LogP contribution is -2.61. The van der Waals surface area contributed by atoms with E-state index in [1.54, 1.807) is 19.1 Å². The van der Waals surface area contributed by atoms with Crippen molar-refractivity contribution >= 4 is 23.3 Å². The fourth-order valence-electron chi connectivity index (χ4n) is 8.64. The van der Waals surface area contributed by atoms with Gasteiger partial charge in [0.25, 0.3) is 0 Å². The SMILES string of the molecule is CC(=O)Nc1ccc(C(C)=O)c(O[C@H]2CC[C@H]3[C@@H]4CCC5N(C)C(=O)CC[C@]5(C)[C@H]4CC[C@]23C)c1. The number of carbonyl (C=O) groups excluding carboxylic acids is 3. The number of benzene rings is 1. The summed E-state index contributed by atoms with van der Waals surface area (Å²) in [5.41, 5.74) is 1.50. The van der Waals surface area contributed by atoms with Crippen molar-refractivity contribution in [3.05, 3.63) is 23.8 Å². The smallest absolute Gasteiger partial charge is 0.222 e. The second-order valence-corrected chi connectivity index (χ2v) is 12.2. The molecule has 3 saturated carbocycles. The van der Waals surface area contributed by atoms with Crippen molar-refractivity contribution < 1.29 is 19.1 Å². The number of nitrogens with one attached hydrogen (secondary N) is 1. The Hall–Kier alpha value is -2.37. The van der Waals surface area contributed by atoms with Gasteiger partial charge >= 0.3 is 0 Å². The molecule has 7 atom stereocenters. The molecule has 0 radical (unpaired) electrons. The standard InChI is InChI=1S/C29H40N2O4/c1-17(32)20-7-6-19(30-18(2)33)16-24(20)35-26-11-9-22-21-8-10-25-28(3,15-13-27(34)31(25)5)23(21)12-14-29(22,26)4/h6-7,16,21-23,25-26H,8-15H2,1-5H3,(H,30,33)/t21-,22-,23-,25?,26-,28+,29-/m0/s1. The molecule has 4 fully saturated rings. The van der Waals surface area contributed by atoms with Crippen LogP contribution < -0.4 is 10.1 Å². The van der Waals surface area contributed by atoms with Gasteiger partial charge < -0.3 is 15.0 Å². The van der Waals surface area contributed by atoms with Gasteiger partial charge in [0.2, 0.25) is 11.8 Å². The molecule has 1 aromatic rings. The first kappa shape index (κ1) is 24.3. The lowest BCUT2D eigenvalue weighted by molar-refractivity contribution is -0.159. The van der Waals surface area contributed by atoms with E-state index in [9.17, 15) is 14.4 Å².